The molecule has 0 aromatic heterocycles. The summed E-state index contributed by atoms with van der Waals surface area (Å²) in [5, 5.41) is 2.64. The van der Waals surface area contributed by atoms with Gasteiger partial charge in [0, 0.05) is 0 Å². The molecule has 0 saturated carbocycles. The van der Waals surface area contributed by atoms with E-state index in [0.717, 1.165) is 0 Å². The van der Waals surface area contributed by atoms with E-state index in [9.17, 15) is 4.21 Å². The maximum atomic E-state index is 9.50. The molecule has 0 amide bonds. The van der Waals surface area contributed by atoms with Crippen molar-refractivity contribution in [1.82, 2.24) is 0 Å². The van der Waals surface area contributed by atoms with Crippen LogP contribution >= 0.6 is 0 Å². The monoisotopic (exact) mass is 108 g/mol. The molecule has 0 aromatic carbocycles. The third-order valence-electron chi connectivity index (χ3n) is 0.175. The van der Waals surface area contributed by atoms with E-state index in [-0.39, 0.29) is 5.88 Å². The average Bonchev–Trinajstić information content (AvgIpc) is 1.35. The van der Waals surface area contributed by atoms with Gasteiger partial charge in [0.25, 0.3) is 0 Å². The minimum Gasteiger partial charge on any atom is -0.305 e. The normalized spacial score (nSPS) is 13.5. The molecule has 0 aliphatic rings. The first-order valence-corrected chi connectivity index (χ1v) is 2.45. The molecule has 6 heavy (non-hydrogen) atoms. The highest BCUT2D eigenvalue weighted by Crippen LogP contribution is 1.69. The average molecular weight is 108 g/mol. The standard InChI is InChI=1S/CH4N2O2S/c2-3-1-6(4)5/h2H,1H2,(H,4,5). The van der Waals surface area contributed by atoms with Crippen LogP contribution < -0.4 is 0 Å². The van der Waals surface area contributed by atoms with Gasteiger partial charge in [-0.2, -0.15) is 5.11 Å². The van der Waals surface area contributed by atoms with Crippen molar-refractivity contribution in [2.24, 2.45) is 5.11 Å². The lowest BCUT2D eigenvalue weighted by Gasteiger charge is -1.75. The van der Waals surface area contributed by atoms with E-state index in [1.807, 2.05) is 0 Å². The number of nitrogens with zero attached hydrogens (tertiary/aromatic N) is 1. The zero-order valence-corrected chi connectivity index (χ0v) is 3.73. The summed E-state index contributed by atoms with van der Waals surface area (Å²) < 4.78 is 17.3. The molecular formula is CH4N2O2S. The van der Waals surface area contributed by atoms with Gasteiger partial charge >= 0.3 is 0 Å². The summed E-state index contributed by atoms with van der Waals surface area (Å²) in [5.74, 6) is -0.306. The van der Waals surface area contributed by atoms with E-state index in [2.05, 4.69) is 5.11 Å². The highest BCUT2D eigenvalue weighted by molar-refractivity contribution is 7.79. The molecule has 0 radical (unpaired) electrons. The summed E-state index contributed by atoms with van der Waals surface area (Å²) in [5.41, 5.74) is 6.00. The van der Waals surface area contributed by atoms with Crippen molar-refractivity contribution in [3.63, 3.8) is 0 Å². The minimum atomic E-state index is -1.92. The zero-order valence-electron chi connectivity index (χ0n) is 2.92. The summed E-state index contributed by atoms with van der Waals surface area (Å²) in [6.45, 7) is 0. The molecule has 0 heterocycles. The van der Waals surface area contributed by atoms with Crippen LogP contribution in [0, 0.1) is 5.53 Å². The quantitative estimate of drug-likeness (QED) is 0.391. The number of hydrogen-bond donors (Lipinski definition) is 2. The molecule has 2 N–H and O–H groups in total. The molecule has 0 aliphatic heterocycles. The topological polar surface area (TPSA) is 73.5 Å². The molecular weight excluding hydrogens is 104 g/mol. The van der Waals surface area contributed by atoms with Crippen LogP contribution in [0.15, 0.2) is 5.11 Å². The fourth-order valence-corrected chi connectivity index (χ4v) is 0.166. The second-order valence-electron chi connectivity index (χ2n) is 0.609. The molecule has 36 valence electrons. The predicted molar refractivity (Wildman–Crippen MR) is 20.8 cm³/mol. The second kappa shape index (κ2) is 2.92. The Morgan fingerprint density at radius 1 is 2.00 bits per heavy atom. The Hall–Kier alpha value is -0.290. The van der Waals surface area contributed by atoms with Crippen molar-refractivity contribution >= 4 is 11.1 Å². The SMILES string of the molecule is N=NCS(=O)O. The molecule has 0 aliphatic carbocycles. The van der Waals surface area contributed by atoms with Gasteiger partial charge < -0.3 is 4.55 Å². The van der Waals surface area contributed by atoms with Crippen molar-refractivity contribution in [1.29, 1.82) is 5.53 Å². The first-order valence-electron chi connectivity index (χ1n) is 1.18. The third-order valence-corrected chi connectivity index (χ3v) is 0.525. The van der Waals surface area contributed by atoms with Crippen molar-refractivity contribution in [2.75, 3.05) is 5.88 Å². The van der Waals surface area contributed by atoms with E-state index < -0.39 is 11.1 Å². The van der Waals surface area contributed by atoms with E-state index >= 15 is 0 Å². The van der Waals surface area contributed by atoms with Gasteiger partial charge in [0.2, 0.25) is 0 Å². The summed E-state index contributed by atoms with van der Waals surface area (Å²) in [6.07, 6.45) is 0. The molecule has 0 aromatic rings. The Balaban J connectivity index is 3.05. The van der Waals surface area contributed by atoms with Crippen LogP contribution in [0.2, 0.25) is 0 Å². The van der Waals surface area contributed by atoms with E-state index in [4.69, 9.17) is 10.1 Å². The van der Waals surface area contributed by atoms with E-state index in [0.29, 0.717) is 0 Å². The molecule has 1 unspecified atom stereocenters. The van der Waals surface area contributed by atoms with Crippen molar-refractivity contribution in [2.45, 2.75) is 0 Å². The maximum Gasteiger partial charge on any atom is 0.177 e. The number of nitrogens with one attached hydrogen (secondary N) is 1. The van der Waals surface area contributed by atoms with Gasteiger partial charge in [-0.05, 0) is 0 Å². The Morgan fingerprint density at radius 3 is 2.50 bits per heavy atom. The molecule has 0 rings (SSSR count). The first kappa shape index (κ1) is 5.71. The molecule has 0 bridgehead atoms. The highest BCUT2D eigenvalue weighted by Gasteiger charge is 1.82. The first-order chi connectivity index (χ1) is 2.77. The van der Waals surface area contributed by atoms with Crippen LogP contribution in [0.3, 0.4) is 0 Å². The fraction of sp³-hybridized carbons (Fsp3) is 1.00. The van der Waals surface area contributed by atoms with E-state index in [1.165, 1.54) is 0 Å². The van der Waals surface area contributed by atoms with Gasteiger partial charge in [0.1, 0.15) is 0 Å². The molecule has 0 fully saturated rings. The Bertz CT molecular complexity index is 71.9. The second-order valence-corrected chi connectivity index (χ2v) is 1.51. The maximum absolute atomic E-state index is 9.50. The lowest BCUT2D eigenvalue weighted by atomic mass is 11.5. The molecule has 1 atom stereocenters. The Kier molecular flexibility index (Phi) is 2.78. The van der Waals surface area contributed by atoms with Gasteiger partial charge in [0.05, 0.1) is 0 Å². The van der Waals surface area contributed by atoms with Crippen molar-refractivity contribution in [3.8, 4) is 0 Å². The van der Waals surface area contributed by atoms with Crippen LogP contribution in [0.25, 0.3) is 0 Å². The number of rotatable bonds is 2. The van der Waals surface area contributed by atoms with Crippen LogP contribution in [-0.4, -0.2) is 14.6 Å². The molecule has 0 saturated heterocycles. The lowest BCUT2D eigenvalue weighted by Crippen LogP contribution is -1.87. The van der Waals surface area contributed by atoms with E-state index in [1.54, 1.807) is 0 Å². The zero-order chi connectivity index (χ0) is 4.99. The smallest absolute Gasteiger partial charge is 0.177 e. The summed E-state index contributed by atoms with van der Waals surface area (Å²) in [4.78, 5) is 0. The predicted octanol–water partition coefficient (Wildman–Crippen LogP) is 0.197. The van der Waals surface area contributed by atoms with Crippen LogP contribution in [-0.2, 0) is 11.1 Å². The lowest BCUT2D eigenvalue weighted by molar-refractivity contribution is 0.563. The molecule has 0 spiro atoms. The summed E-state index contributed by atoms with van der Waals surface area (Å²) in [6, 6.07) is 0. The van der Waals surface area contributed by atoms with Crippen molar-refractivity contribution < 1.29 is 8.76 Å². The van der Waals surface area contributed by atoms with Gasteiger partial charge in [-0.3, -0.25) is 0 Å². The molecule has 5 heteroatoms. The fourth-order valence-electron chi connectivity index (χ4n) is 0.0552. The van der Waals surface area contributed by atoms with Crippen LogP contribution in [0.4, 0.5) is 0 Å². The molecule has 4 nitrogen and oxygen atoms in total. The number of hydrogen-bond acceptors (Lipinski definition) is 3. The van der Waals surface area contributed by atoms with Crippen LogP contribution in [0.1, 0.15) is 0 Å². The van der Waals surface area contributed by atoms with Gasteiger partial charge in [-0.25, -0.2) is 9.74 Å². The summed E-state index contributed by atoms with van der Waals surface area (Å²) in [7, 11) is 0. The van der Waals surface area contributed by atoms with Gasteiger partial charge in [-0.15, -0.1) is 0 Å². The Labute approximate surface area is 37.4 Å². The third kappa shape index (κ3) is 3.71. The largest absolute Gasteiger partial charge is 0.305 e. The van der Waals surface area contributed by atoms with Crippen LogP contribution in [0.5, 0.6) is 0 Å². The van der Waals surface area contributed by atoms with Gasteiger partial charge in [-0.1, -0.05) is 0 Å². The van der Waals surface area contributed by atoms with Gasteiger partial charge in [0.15, 0.2) is 17.0 Å². The summed E-state index contributed by atoms with van der Waals surface area (Å²) >= 11 is -1.92. The van der Waals surface area contributed by atoms with Crippen molar-refractivity contribution in [3.05, 3.63) is 0 Å². The minimum absolute atomic E-state index is 0.306. The Morgan fingerprint density at radius 2 is 2.50 bits per heavy atom. The highest BCUT2D eigenvalue weighted by atomic mass is 32.2.